The van der Waals surface area contributed by atoms with Crippen LogP contribution < -0.4 is 5.32 Å². The molecule has 0 bridgehead atoms. The van der Waals surface area contributed by atoms with E-state index in [0.29, 0.717) is 19.6 Å². The molecule has 3 atom stereocenters. The largest absolute Gasteiger partial charge is 0.392 e. The monoisotopic (exact) mass is 346 g/mol. The van der Waals surface area contributed by atoms with Crippen molar-refractivity contribution in [1.82, 2.24) is 20.0 Å². The fourth-order valence-corrected chi connectivity index (χ4v) is 3.17. The normalized spacial score (nSPS) is 24.8. The third-order valence-electron chi connectivity index (χ3n) is 4.24. The average Bonchev–Trinajstić information content (AvgIpc) is 2.45. The molecule has 1 aliphatic rings. The Morgan fingerprint density at radius 1 is 0.625 bits per heavy atom. The van der Waals surface area contributed by atoms with Crippen molar-refractivity contribution in [1.29, 1.82) is 0 Å². The van der Waals surface area contributed by atoms with Gasteiger partial charge in [0.25, 0.3) is 0 Å². The standard InChI is InChI=1S/C17H38N4O3/c1-15(22)12-19-6-4-18-5-7-20(13-16(2)23)9-11-21(10-8-19)14-17(3)24/h15-18,22-24H,4-14H2,1-3H3/t15-,16-,17-/m0/s1. The molecule has 7 heteroatoms. The molecule has 0 saturated carbocycles. The maximum atomic E-state index is 9.76. The Hall–Kier alpha value is -0.280. The van der Waals surface area contributed by atoms with Gasteiger partial charge in [0.2, 0.25) is 0 Å². The molecule has 1 aliphatic heterocycles. The van der Waals surface area contributed by atoms with Crippen LogP contribution in [0.4, 0.5) is 0 Å². The zero-order valence-electron chi connectivity index (χ0n) is 15.7. The highest BCUT2D eigenvalue weighted by atomic mass is 16.3. The Kier molecular flexibility index (Phi) is 11.0. The molecule has 1 fully saturated rings. The highest BCUT2D eigenvalue weighted by Gasteiger charge is 2.16. The predicted molar refractivity (Wildman–Crippen MR) is 97.2 cm³/mol. The third-order valence-corrected chi connectivity index (χ3v) is 4.24. The molecule has 0 spiro atoms. The molecule has 0 amide bonds. The maximum Gasteiger partial charge on any atom is 0.0639 e. The first kappa shape index (κ1) is 21.8. The lowest BCUT2D eigenvalue weighted by molar-refractivity contribution is 0.0790. The van der Waals surface area contributed by atoms with E-state index in [0.717, 1.165) is 52.4 Å². The zero-order chi connectivity index (χ0) is 17.9. The van der Waals surface area contributed by atoms with Crippen molar-refractivity contribution in [2.75, 3.05) is 72.0 Å². The molecule has 4 N–H and O–H groups in total. The predicted octanol–water partition coefficient (Wildman–Crippen LogP) is -1.36. The summed E-state index contributed by atoms with van der Waals surface area (Å²) in [5, 5.41) is 32.6. The van der Waals surface area contributed by atoms with Gasteiger partial charge in [-0.25, -0.2) is 0 Å². The van der Waals surface area contributed by atoms with E-state index in [1.54, 1.807) is 0 Å². The van der Waals surface area contributed by atoms with Gasteiger partial charge in [0.1, 0.15) is 0 Å². The molecule has 24 heavy (non-hydrogen) atoms. The summed E-state index contributed by atoms with van der Waals surface area (Å²) in [6.07, 6.45) is -1.01. The van der Waals surface area contributed by atoms with Crippen molar-refractivity contribution in [2.24, 2.45) is 0 Å². The first-order valence-electron chi connectivity index (χ1n) is 9.28. The number of nitrogens with one attached hydrogen (secondary N) is 1. The van der Waals surface area contributed by atoms with E-state index in [4.69, 9.17) is 0 Å². The topological polar surface area (TPSA) is 82.4 Å². The Morgan fingerprint density at radius 2 is 0.917 bits per heavy atom. The van der Waals surface area contributed by atoms with Gasteiger partial charge in [-0.2, -0.15) is 0 Å². The van der Waals surface area contributed by atoms with Gasteiger partial charge in [-0.05, 0) is 20.8 Å². The van der Waals surface area contributed by atoms with E-state index in [-0.39, 0.29) is 18.3 Å². The molecule has 144 valence electrons. The second-order valence-corrected chi connectivity index (χ2v) is 7.20. The van der Waals surface area contributed by atoms with E-state index in [2.05, 4.69) is 20.0 Å². The summed E-state index contributed by atoms with van der Waals surface area (Å²) in [5.74, 6) is 0. The number of hydrogen-bond acceptors (Lipinski definition) is 7. The van der Waals surface area contributed by atoms with Crippen LogP contribution in [0.25, 0.3) is 0 Å². The lowest BCUT2D eigenvalue weighted by atomic mass is 10.3. The van der Waals surface area contributed by atoms with Crippen LogP contribution in [0.5, 0.6) is 0 Å². The number of aliphatic hydroxyl groups is 3. The summed E-state index contributed by atoms with van der Waals surface area (Å²) in [6, 6.07) is 0. The number of β-amino-alcohol motifs (C(OH)–C–C–N with tert-alkyl or cyclic N) is 3. The number of nitrogens with zero attached hydrogens (tertiary/aromatic N) is 3. The van der Waals surface area contributed by atoms with Crippen LogP contribution in [0, 0.1) is 0 Å². The van der Waals surface area contributed by atoms with Gasteiger partial charge in [0, 0.05) is 72.0 Å². The van der Waals surface area contributed by atoms with E-state index < -0.39 is 0 Å². The van der Waals surface area contributed by atoms with Crippen LogP contribution in [-0.2, 0) is 0 Å². The van der Waals surface area contributed by atoms with Crippen molar-refractivity contribution >= 4 is 0 Å². The molecule has 7 nitrogen and oxygen atoms in total. The summed E-state index contributed by atoms with van der Waals surface area (Å²) in [4.78, 5) is 6.84. The minimum Gasteiger partial charge on any atom is -0.392 e. The summed E-state index contributed by atoms with van der Waals surface area (Å²) in [5.41, 5.74) is 0. The van der Waals surface area contributed by atoms with Crippen LogP contribution in [0.2, 0.25) is 0 Å². The van der Waals surface area contributed by atoms with Gasteiger partial charge in [-0.15, -0.1) is 0 Å². The van der Waals surface area contributed by atoms with Gasteiger partial charge in [0.05, 0.1) is 18.3 Å². The zero-order valence-corrected chi connectivity index (χ0v) is 15.7. The van der Waals surface area contributed by atoms with Crippen molar-refractivity contribution in [3.8, 4) is 0 Å². The van der Waals surface area contributed by atoms with Crippen LogP contribution in [0.15, 0.2) is 0 Å². The van der Waals surface area contributed by atoms with Crippen LogP contribution in [0.3, 0.4) is 0 Å². The van der Waals surface area contributed by atoms with Gasteiger partial charge in [-0.1, -0.05) is 0 Å². The van der Waals surface area contributed by atoms with E-state index in [9.17, 15) is 15.3 Å². The van der Waals surface area contributed by atoms with Gasteiger partial charge in [-0.3, -0.25) is 14.7 Å². The SMILES string of the molecule is C[C@H](O)CN1CCNCCN(C[C@H](C)O)CCN(C[C@H](C)O)CC1. The molecular formula is C17H38N4O3. The van der Waals surface area contributed by atoms with Crippen LogP contribution >= 0.6 is 0 Å². The number of rotatable bonds is 6. The van der Waals surface area contributed by atoms with Crippen molar-refractivity contribution < 1.29 is 15.3 Å². The molecule has 0 aliphatic carbocycles. The lowest BCUT2D eigenvalue weighted by Gasteiger charge is -2.32. The fraction of sp³-hybridized carbons (Fsp3) is 1.00. The second kappa shape index (κ2) is 12.1. The number of hydrogen-bond donors (Lipinski definition) is 4. The van der Waals surface area contributed by atoms with E-state index in [1.165, 1.54) is 0 Å². The summed E-state index contributed by atoms with van der Waals surface area (Å²) < 4.78 is 0. The van der Waals surface area contributed by atoms with E-state index in [1.807, 2.05) is 20.8 Å². The highest BCUT2D eigenvalue weighted by molar-refractivity contribution is 4.72. The van der Waals surface area contributed by atoms with E-state index >= 15 is 0 Å². The molecule has 1 heterocycles. The smallest absolute Gasteiger partial charge is 0.0639 e. The van der Waals surface area contributed by atoms with Gasteiger partial charge >= 0.3 is 0 Å². The molecule has 0 unspecified atom stereocenters. The summed E-state index contributed by atoms with van der Waals surface area (Å²) in [7, 11) is 0. The molecule has 0 aromatic carbocycles. The Balaban J connectivity index is 2.63. The molecule has 0 aromatic rings. The molecule has 0 aromatic heterocycles. The first-order valence-corrected chi connectivity index (χ1v) is 9.28. The Labute approximate surface area is 147 Å². The van der Waals surface area contributed by atoms with Crippen molar-refractivity contribution in [3.05, 3.63) is 0 Å². The quantitative estimate of drug-likeness (QED) is 0.473. The highest BCUT2D eigenvalue weighted by Crippen LogP contribution is 2.00. The van der Waals surface area contributed by atoms with Crippen molar-refractivity contribution in [2.45, 2.75) is 39.1 Å². The first-order chi connectivity index (χ1) is 11.4. The maximum absolute atomic E-state index is 9.76. The van der Waals surface area contributed by atoms with Gasteiger partial charge < -0.3 is 20.6 Å². The lowest BCUT2D eigenvalue weighted by Crippen LogP contribution is -2.48. The minimum absolute atomic E-state index is 0.329. The van der Waals surface area contributed by atoms with Crippen LogP contribution in [0.1, 0.15) is 20.8 Å². The van der Waals surface area contributed by atoms with Crippen LogP contribution in [-0.4, -0.2) is 120 Å². The van der Waals surface area contributed by atoms with Crippen molar-refractivity contribution in [3.63, 3.8) is 0 Å². The Bertz CT molecular complexity index is 292. The third kappa shape index (κ3) is 10.6. The minimum atomic E-state index is -0.352. The summed E-state index contributed by atoms with van der Waals surface area (Å²) in [6.45, 7) is 14.6. The summed E-state index contributed by atoms with van der Waals surface area (Å²) >= 11 is 0. The molecule has 1 saturated heterocycles. The second-order valence-electron chi connectivity index (χ2n) is 7.20. The Morgan fingerprint density at radius 3 is 1.21 bits per heavy atom. The molecule has 0 radical (unpaired) electrons. The fourth-order valence-electron chi connectivity index (χ4n) is 3.17. The van der Waals surface area contributed by atoms with Gasteiger partial charge in [0.15, 0.2) is 0 Å². The molecule has 1 rings (SSSR count). The molecular weight excluding hydrogens is 308 g/mol. The average molecular weight is 347 g/mol. The number of aliphatic hydroxyl groups excluding tert-OH is 3.